The minimum Gasteiger partial charge on any atom is -0.333 e. The molecule has 1 aliphatic heterocycles. The van der Waals surface area contributed by atoms with E-state index >= 15 is 0 Å². The lowest BCUT2D eigenvalue weighted by Gasteiger charge is -2.27. The van der Waals surface area contributed by atoms with Crippen LogP contribution in [-0.2, 0) is 30.7 Å². The topological polar surface area (TPSA) is 23.6 Å². The first-order valence-corrected chi connectivity index (χ1v) is 9.35. The Hall–Kier alpha value is -1.84. The molecule has 0 saturated carbocycles. The highest BCUT2D eigenvalue weighted by atomic mass is 35.5. The average molecular weight is 373 g/mol. The molecule has 0 aromatic heterocycles. The number of carbonyl (C=O) groups is 1. The summed E-state index contributed by atoms with van der Waals surface area (Å²) in [6, 6.07) is 17.1. The predicted molar refractivity (Wildman–Crippen MR) is 110 cm³/mol. The van der Waals surface area contributed by atoms with Crippen LogP contribution >= 0.6 is 12.4 Å². The predicted octanol–water partition coefficient (Wildman–Crippen LogP) is 4.08. The molecule has 0 aliphatic carbocycles. The number of benzene rings is 2. The number of hydrogen-bond donors (Lipinski definition) is 0. The van der Waals surface area contributed by atoms with Gasteiger partial charge in [-0.05, 0) is 48.2 Å². The minimum atomic E-state index is 0. The third-order valence-corrected chi connectivity index (χ3v) is 5.23. The fourth-order valence-corrected chi connectivity index (χ4v) is 3.56. The van der Waals surface area contributed by atoms with Crippen LogP contribution in [0.1, 0.15) is 36.1 Å². The Kier molecular flexibility index (Phi) is 7.67. The van der Waals surface area contributed by atoms with Crippen LogP contribution in [0.15, 0.2) is 48.5 Å². The largest absolute Gasteiger partial charge is 0.333 e. The van der Waals surface area contributed by atoms with Gasteiger partial charge in [0.05, 0.1) is 6.54 Å². The van der Waals surface area contributed by atoms with Crippen molar-refractivity contribution >= 4 is 18.3 Å². The van der Waals surface area contributed by atoms with Crippen LogP contribution in [-0.4, -0.2) is 35.3 Å². The summed E-state index contributed by atoms with van der Waals surface area (Å²) in [5.41, 5.74) is 5.28. The van der Waals surface area contributed by atoms with Crippen LogP contribution in [0.5, 0.6) is 0 Å². The van der Waals surface area contributed by atoms with Crippen molar-refractivity contribution in [2.45, 2.75) is 39.8 Å². The molecular formula is C22H29ClN2O. The molecule has 2 aromatic carbocycles. The molecule has 0 unspecified atom stereocenters. The van der Waals surface area contributed by atoms with E-state index in [1.807, 2.05) is 4.90 Å². The molecule has 2 aromatic rings. The number of carbonyl (C=O) groups excluding carboxylic acids is 1. The van der Waals surface area contributed by atoms with Crippen molar-refractivity contribution in [3.63, 3.8) is 0 Å². The number of halogens is 1. The van der Waals surface area contributed by atoms with Crippen molar-refractivity contribution in [3.8, 4) is 0 Å². The first-order valence-electron chi connectivity index (χ1n) is 9.35. The van der Waals surface area contributed by atoms with E-state index in [2.05, 4.69) is 67.3 Å². The third-order valence-electron chi connectivity index (χ3n) is 5.23. The number of fused-ring (bicyclic) bond motifs is 2. The second kappa shape index (κ2) is 9.75. The number of rotatable bonds is 4. The zero-order valence-corrected chi connectivity index (χ0v) is 16.6. The van der Waals surface area contributed by atoms with Gasteiger partial charge in [0.15, 0.2) is 0 Å². The smallest absolute Gasteiger partial charge is 0.237 e. The van der Waals surface area contributed by atoms with Gasteiger partial charge >= 0.3 is 0 Å². The molecule has 140 valence electrons. The molecule has 0 atom stereocenters. The molecule has 4 heteroatoms. The number of likely N-dealkylation sites (N-methyl/N-ethyl adjacent to an activating group) is 1. The quantitative estimate of drug-likeness (QED) is 0.807. The second-order valence-electron chi connectivity index (χ2n) is 6.75. The van der Waals surface area contributed by atoms with E-state index in [1.54, 1.807) is 0 Å². The molecule has 0 N–H and O–H groups in total. The lowest BCUT2D eigenvalue weighted by Crippen LogP contribution is -2.39. The minimum absolute atomic E-state index is 0. The first-order chi connectivity index (χ1) is 12.2. The van der Waals surface area contributed by atoms with Crippen LogP contribution in [0.25, 0.3) is 0 Å². The molecule has 0 fully saturated rings. The molecular weight excluding hydrogens is 344 g/mol. The van der Waals surface area contributed by atoms with E-state index in [0.717, 1.165) is 25.9 Å². The van der Waals surface area contributed by atoms with Crippen LogP contribution in [0, 0.1) is 0 Å². The number of hydrogen-bond acceptors (Lipinski definition) is 2. The number of nitrogens with zero attached hydrogens (tertiary/aromatic N) is 2. The maximum atomic E-state index is 13.0. The normalized spacial score (nSPS) is 13.7. The Labute approximate surface area is 163 Å². The van der Waals surface area contributed by atoms with Crippen molar-refractivity contribution in [1.82, 2.24) is 9.80 Å². The summed E-state index contributed by atoms with van der Waals surface area (Å²) in [6.07, 6.45) is 2.07. The van der Waals surface area contributed by atoms with E-state index in [1.165, 1.54) is 22.3 Å². The molecule has 3 nitrogen and oxygen atoms in total. The van der Waals surface area contributed by atoms with Crippen LogP contribution in [0.4, 0.5) is 0 Å². The Morgan fingerprint density at radius 1 is 0.846 bits per heavy atom. The summed E-state index contributed by atoms with van der Waals surface area (Å²) in [4.78, 5) is 17.2. The summed E-state index contributed by atoms with van der Waals surface area (Å²) < 4.78 is 0. The van der Waals surface area contributed by atoms with E-state index in [4.69, 9.17) is 0 Å². The van der Waals surface area contributed by atoms with Crippen molar-refractivity contribution in [3.05, 3.63) is 70.8 Å². The van der Waals surface area contributed by atoms with Gasteiger partial charge in [0.2, 0.25) is 5.91 Å². The highest BCUT2D eigenvalue weighted by molar-refractivity contribution is 5.85. The van der Waals surface area contributed by atoms with Gasteiger partial charge in [0.1, 0.15) is 0 Å². The van der Waals surface area contributed by atoms with Gasteiger partial charge in [-0.15, -0.1) is 12.4 Å². The van der Waals surface area contributed by atoms with Gasteiger partial charge in [0.25, 0.3) is 0 Å². The molecule has 0 spiro atoms. The molecule has 0 radical (unpaired) electrons. The lowest BCUT2D eigenvalue weighted by atomic mass is 9.98. The summed E-state index contributed by atoms with van der Waals surface area (Å²) in [5.74, 6) is 0.218. The Morgan fingerprint density at radius 2 is 1.27 bits per heavy atom. The molecule has 1 aliphatic rings. The summed E-state index contributed by atoms with van der Waals surface area (Å²) in [6.45, 7) is 7.93. The van der Waals surface area contributed by atoms with E-state index in [9.17, 15) is 4.79 Å². The molecule has 1 heterocycles. The molecule has 1 amide bonds. The Balaban J connectivity index is 0.00000243. The molecule has 0 bridgehead atoms. The van der Waals surface area contributed by atoms with Crippen molar-refractivity contribution in [2.24, 2.45) is 0 Å². The van der Waals surface area contributed by atoms with Crippen molar-refractivity contribution in [2.75, 3.05) is 19.6 Å². The first kappa shape index (κ1) is 20.5. The van der Waals surface area contributed by atoms with Gasteiger partial charge < -0.3 is 4.90 Å². The van der Waals surface area contributed by atoms with Gasteiger partial charge in [-0.25, -0.2) is 0 Å². The summed E-state index contributed by atoms with van der Waals surface area (Å²) in [7, 11) is 0. The van der Waals surface area contributed by atoms with E-state index in [-0.39, 0.29) is 18.3 Å². The maximum Gasteiger partial charge on any atom is 0.237 e. The van der Waals surface area contributed by atoms with Crippen molar-refractivity contribution < 1.29 is 4.79 Å². The number of amides is 1. The zero-order valence-electron chi connectivity index (χ0n) is 15.8. The van der Waals surface area contributed by atoms with Gasteiger partial charge in [0, 0.05) is 13.1 Å². The lowest BCUT2D eigenvalue weighted by molar-refractivity contribution is -0.133. The second-order valence-corrected chi connectivity index (χ2v) is 6.75. The van der Waals surface area contributed by atoms with Crippen LogP contribution < -0.4 is 0 Å². The van der Waals surface area contributed by atoms with E-state index < -0.39 is 0 Å². The Bertz CT molecular complexity index is 678. The fourth-order valence-electron chi connectivity index (χ4n) is 3.56. The van der Waals surface area contributed by atoms with Gasteiger partial charge in [-0.1, -0.05) is 62.4 Å². The molecule has 3 rings (SSSR count). The van der Waals surface area contributed by atoms with Gasteiger partial charge in [-0.3, -0.25) is 9.69 Å². The molecule has 0 saturated heterocycles. The monoisotopic (exact) mass is 372 g/mol. The zero-order chi connectivity index (χ0) is 17.6. The fraction of sp³-hybridized carbons (Fsp3) is 0.409. The third kappa shape index (κ3) is 4.87. The maximum absolute atomic E-state index is 13.0. The number of aryl methyl sites for hydroxylation is 2. The summed E-state index contributed by atoms with van der Waals surface area (Å²) in [5, 5.41) is 0. The highest BCUT2D eigenvalue weighted by Crippen LogP contribution is 2.22. The average Bonchev–Trinajstić information content (AvgIpc) is 2.73. The Morgan fingerprint density at radius 3 is 1.69 bits per heavy atom. The summed E-state index contributed by atoms with van der Waals surface area (Å²) >= 11 is 0. The SMILES string of the molecule is CCN(CC)CC(=O)N1Cc2ccccc2CCc2ccccc2C1.Cl. The van der Waals surface area contributed by atoms with E-state index in [0.29, 0.717) is 19.6 Å². The van der Waals surface area contributed by atoms with Crippen molar-refractivity contribution in [1.29, 1.82) is 0 Å². The van der Waals surface area contributed by atoms with Crippen LogP contribution in [0.2, 0.25) is 0 Å². The standard InChI is InChI=1S/C22H28N2O.ClH/c1-3-23(4-2)17-22(25)24-15-20-11-7-5-9-18(20)13-14-19-10-6-8-12-21(19)16-24;/h5-12H,3-4,13-17H2,1-2H3;1H. The molecule has 26 heavy (non-hydrogen) atoms. The van der Waals surface area contributed by atoms with Gasteiger partial charge in [-0.2, -0.15) is 0 Å². The van der Waals surface area contributed by atoms with Crippen LogP contribution in [0.3, 0.4) is 0 Å². The highest BCUT2D eigenvalue weighted by Gasteiger charge is 2.20.